The fraction of sp³-hybridized carbons (Fsp3) is 0.467. The molecule has 0 unspecified atom stereocenters. The van der Waals surface area contributed by atoms with Crippen molar-refractivity contribution in [1.29, 1.82) is 0 Å². The average Bonchev–Trinajstić information content (AvgIpc) is 2.38. The first kappa shape index (κ1) is 17.9. The van der Waals surface area contributed by atoms with Gasteiger partial charge in [-0.2, -0.15) is 13.2 Å². The number of hydrogen-bond acceptors (Lipinski definition) is 2. The quantitative estimate of drug-likeness (QED) is 0.793. The number of ether oxygens (including phenoxy) is 1. The van der Waals surface area contributed by atoms with Crippen molar-refractivity contribution in [2.75, 3.05) is 13.2 Å². The lowest BCUT2D eigenvalue weighted by molar-refractivity contribution is -0.138. The highest BCUT2D eigenvalue weighted by atomic mass is 35.5. The van der Waals surface area contributed by atoms with Gasteiger partial charge in [-0.15, -0.1) is 0 Å². The van der Waals surface area contributed by atoms with Crippen LogP contribution in [-0.2, 0) is 12.7 Å². The van der Waals surface area contributed by atoms with Gasteiger partial charge in [0.15, 0.2) is 0 Å². The molecule has 0 amide bonds. The summed E-state index contributed by atoms with van der Waals surface area (Å²) in [6.07, 6.45) is -3.02. The van der Waals surface area contributed by atoms with Crippen molar-refractivity contribution in [3.8, 4) is 5.75 Å². The van der Waals surface area contributed by atoms with Gasteiger partial charge in [0.1, 0.15) is 12.4 Å². The summed E-state index contributed by atoms with van der Waals surface area (Å²) in [5, 5.41) is 3.11. The van der Waals surface area contributed by atoms with Crippen LogP contribution >= 0.6 is 11.6 Å². The molecule has 0 aliphatic carbocycles. The van der Waals surface area contributed by atoms with Gasteiger partial charge in [0.05, 0.1) is 5.56 Å². The molecule has 0 saturated heterocycles. The van der Waals surface area contributed by atoms with E-state index in [1.165, 1.54) is 17.7 Å². The molecule has 0 aliphatic rings. The third-order valence-electron chi connectivity index (χ3n) is 2.66. The van der Waals surface area contributed by atoms with Gasteiger partial charge in [-0.3, -0.25) is 0 Å². The predicted octanol–water partition coefficient (Wildman–Crippen LogP) is 4.58. The van der Waals surface area contributed by atoms with Crippen LogP contribution in [0.25, 0.3) is 0 Å². The summed E-state index contributed by atoms with van der Waals surface area (Å²) in [4.78, 5) is 0. The van der Waals surface area contributed by atoms with E-state index in [2.05, 4.69) is 5.32 Å². The van der Waals surface area contributed by atoms with Crippen LogP contribution in [0, 0.1) is 5.92 Å². The van der Waals surface area contributed by atoms with E-state index in [1.807, 2.05) is 13.8 Å². The maximum atomic E-state index is 13.0. The van der Waals surface area contributed by atoms with E-state index in [9.17, 15) is 13.2 Å². The fourth-order valence-electron chi connectivity index (χ4n) is 1.71. The van der Waals surface area contributed by atoms with Crippen LogP contribution in [-0.4, -0.2) is 13.2 Å². The fourth-order valence-corrected chi connectivity index (χ4v) is 1.79. The van der Waals surface area contributed by atoms with Crippen molar-refractivity contribution in [1.82, 2.24) is 5.32 Å². The van der Waals surface area contributed by atoms with E-state index in [1.54, 1.807) is 6.07 Å². The number of hydrogen-bond donors (Lipinski definition) is 1. The zero-order valence-corrected chi connectivity index (χ0v) is 12.8. The second-order valence-corrected chi connectivity index (χ2v) is 5.28. The Hall–Kier alpha value is -1.20. The van der Waals surface area contributed by atoms with E-state index in [4.69, 9.17) is 16.3 Å². The second-order valence-electron chi connectivity index (χ2n) is 5.03. The third-order valence-corrected chi connectivity index (χ3v) is 2.83. The highest BCUT2D eigenvalue weighted by Gasteiger charge is 2.34. The van der Waals surface area contributed by atoms with E-state index >= 15 is 0 Å². The highest BCUT2D eigenvalue weighted by Crippen LogP contribution is 2.36. The van der Waals surface area contributed by atoms with Gasteiger partial charge in [-0.05, 0) is 36.2 Å². The maximum absolute atomic E-state index is 13.0. The summed E-state index contributed by atoms with van der Waals surface area (Å²) < 4.78 is 44.2. The Bertz CT molecular complexity index is 472. The number of alkyl halides is 3. The monoisotopic (exact) mass is 321 g/mol. The van der Waals surface area contributed by atoms with Gasteiger partial charge in [0, 0.05) is 12.1 Å². The van der Waals surface area contributed by atoms with Gasteiger partial charge in [0.25, 0.3) is 0 Å². The molecular formula is C15H19ClF3NO. The molecule has 21 heavy (non-hydrogen) atoms. The van der Waals surface area contributed by atoms with Gasteiger partial charge in [0.2, 0.25) is 0 Å². The predicted molar refractivity (Wildman–Crippen MR) is 78.5 cm³/mol. The standard InChI is InChI=1S/C15H19ClF3NO/c1-11(2)9-20-10-12-4-5-14(21-7-3-6-16)13(8-12)15(17,18)19/h3-6,8,11,20H,7,9-10H2,1-2H3. The van der Waals surface area contributed by atoms with Crippen molar-refractivity contribution in [3.63, 3.8) is 0 Å². The average molecular weight is 322 g/mol. The minimum atomic E-state index is -4.45. The first-order chi connectivity index (χ1) is 9.84. The number of rotatable bonds is 7. The molecule has 6 heteroatoms. The Morgan fingerprint density at radius 2 is 2.05 bits per heavy atom. The highest BCUT2D eigenvalue weighted by molar-refractivity contribution is 6.25. The van der Waals surface area contributed by atoms with Gasteiger partial charge in [-0.1, -0.05) is 31.5 Å². The molecule has 0 radical (unpaired) electrons. The summed E-state index contributed by atoms with van der Waals surface area (Å²) in [5.41, 5.74) is 1.01. The van der Waals surface area contributed by atoms with Gasteiger partial charge in [-0.25, -0.2) is 0 Å². The Balaban J connectivity index is 2.86. The lowest BCUT2D eigenvalue weighted by atomic mass is 10.1. The molecule has 1 aromatic rings. The van der Waals surface area contributed by atoms with Crippen molar-refractivity contribution in [2.45, 2.75) is 26.6 Å². The van der Waals surface area contributed by atoms with Crippen LogP contribution in [0.2, 0.25) is 0 Å². The minimum Gasteiger partial charge on any atom is -0.489 e. The first-order valence-electron chi connectivity index (χ1n) is 6.63. The zero-order chi connectivity index (χ0) is 15.9. The van der Waals surface area contributed by atoms with Crippen molar-refractivity contribution in [2.24, 2.45) is 5.92 Å². The van der Waals surface area contributed by atoms with Crippen LogP contribution in [0.1, 0.15) is 25.0 Å². The molecule has 0 fully saturated rings. The lowest BCUT2D eigenvalue weighted by Gasteiger charge is -2.15. The smallest absolute Gasteiger partial charge is 0.419 e. The number of halogens is 4. The first-order valence-corrected chi connectivity index (χ1v) is 7.07. The van der Waals surface area contributed by atoms with E-state index < -0.39 is 11.7 Å². The molecular weight excluding hydrogens is 303 g/mol. The van der Waals surface area contributed by atoms with Crippen molar-refractivity contribution >= 4 is 11.6 Å². The second kappa shape index (κ2) is 8.29. The maximum Gasteiger partial charge on any atom is 0.419 e. The van der Waals surface area contributed by atoms with Crippen LogP contribution in [0.3, 0.4) is 0 Å². The summed E-state index contributed by atoms with van der Waals surface area (Å²) in [7, 11) is 0. The Labute approximate surface area is 127 Å². The van der Waals surface area contributed by atoms with Crippen LogP contribution < -0.4 is 10.1 Å². The van der Waals surface area contributed by atoms with E-state index in [-0.39, 0.29) is 12.4 Å². The molecule has 0 atom stereocenters. The molecule has 0 aliphatic heterocycles. The normalized spacial score (nSPS) is 12.3. The molecule has 0 aromatic heterocycles. The molecule has 2 nitrogen and oxygen atoms in total. The van der Waals surface area contributed by atoms with Crippen LogP contribution in [0.5, 0.6) is 5.75 Å². The van der Waals surface area contributed by atoms with E-state index in [0.717, 1.165) is 12.6 Å². The molecule has 1 aromatic carbocycles. The number of nitrogens with one attached hydrogen (secondary N) is 1. The SMILES string of the molecule is CC(C)CNCc1ccc(OCC=CCl)c(C(F)(F)F)c1. The zero-order valence-electron chi connectivity index (χ0n) is 12.0. The Morgan fingerprint density at radius 1 is 1.33 bits per heavy atom. The number of benzene rings is 1. The summed E-state index contributed by atoms with van der Waals surface area (Å²) in [6.45, 7) is 5.21. The van der Waals surface area contributed by atoms with Gasteiger partial charge < -0.3 is 10.1 Å². The van der Waals surface area contributed by atoms with Crippen LogP contribution in [0.4, 0.5) is 13.2 Å². The molecule has 0 spiro atoms. The molecule has 118 valence electrons. The summed E-state index contributed by atoms with van der Waals surface area (Å²) in [6, 6.07) is 4.09. The Kier molecular flexibility index (Phi) is 7.05. The van der Waals surface area contributed by atoms with E-state index in [0.29, 0.717) is 18.0 Å². The molecule has 0 bridgehead atoms. The molecule has 1 N–H and O–H groups in total. The minimum absolute atomic E-state index is 0.00245. The van der Waals surface area contributed by atoms with Crippen molar-refractivity contribution in [3.05, 3.63) is 40.9 Å². The lowest BCUT2D eigenvalue weighted by Crippen LogP contribution is -2.19. The molecule has 0 saturated carbocycles. The van der Waals surface area contributed by atoms with Crippen molar-refractivity contribution < 1.29 is 17.9 Å². The Morgan fingerprint density at radius 3 is 2.62 bits per heavy atom. The molecule has 1 rings (SSSR count). The summed E-state index contributed by atoms with van der Waals surface area (Å²) in [5.74, 6) is 0.252. The summed E-state index contributed by atoms with van der Waals surface area (Å²) >= 11 is 5.31. The molecule has 0 heterocycles. The van der Waals surface area contributed by atoms with Gasteiger partial charge >= 0.3 is 6.18 Å². The largest absolute Gasteiger partial charge is 0.489 e. The van der Waals surface area contributed by atoms with Crippen LogP contribution in [0.15, 0.2) is 29.8 Å². The topological polar surface area (TPSA) is 21.3 Å². The third kappa shape index (κ3) is 6.40.